The van der Waals surface area contributed by atoms with Gasteiger partial charge in [0.15, 0.2) is 23.0 Å². The Morgan fingerprint density at radius 1 is 0.737 bits per heavy atom. The minimum Gasteiger partial charge on any atom is -0.493 e. The zero-order chi connectivity index (χ0) is 26.5. The van der Waals surface area contributed by atoms with Gasteiger partial charge in [0.05, 0.1) is 33.8 Å². The van der Waals surface area contributed by atoms with Crippen LogP contribution in [0.4, 0.5) is 0 Å². The maximum Gasteiger partial charge on any atom is 0.234 e. The van der Waals surface area contributed by atoms with Crippen molar-refractivity contribution < 1.29 is 23.7 Å². The van der Waals surface area contributed by atoms with Gasteiger partial charge in [-0.2, -0.15) is 0 Å². The van der Waals surface area contributed by atoms with Gasteiger partial charge in [-0.1, -0.05) is 66.7 Å². The smallest absolute Gasteiger partial charge is 0.234 e. The highest BCUT2D eigenvalue weighted by Gasteiger charge is 2.30. The second-order valence-corrected chi connectivity index (χ2v) is 9.10. The molecule has 0 aliphatic carbocycles. The van der Waals surface area contributed by atoms with E-state index in [4.69, 9.17) is 18.9 Å². The van der Waals surface area contributed by atoms with Gasteiger partial charge < -0.3 is 23.8 Å². The van der Waals surface area contributed by atoms with Crippen molar-refractivity contribution in [1.82, 2.24) is 4.90 Å². The number of ether oxygens (including phenoxy) is 4. The summed E-state index contributed by atoms with van der Waals surface area (Å²) < 4.78 is 22.8. The summed E-state index contributed by atoms with van der Waals surface area (Å²) >= 11 is 0. The fourth-order valence-corrected chi connectivity index (χ4v) is 4.96. The lowest BCUT2D eigenvalue weighted by Crippen LogP contribution is -2.36. The summed E-state index contributed by atoms with van der Waals surface area (Å²) in [6, 6.07) is 29.7. The Balaban J connectivity index is 1.53. The van der Waals surface area contributed by atoms with E-state index < -0.39 is 5.92 Å². The molecule has 6 nitrogen and oxygen atoms in total. The molecule has 6 heteroatoms. The van der Waals surface area contributed by atoms with Crippen molar-refractivity contribution in [3.05, 3.63) is 108 Å². The topological polar surface area (TPSA) is 57.2 Å². The molecule has 0 bridgehead atoms. The molecule has 5 rings (SSSR count). The molecule has 0 unspecified atom stereocenters. The number of amides is 1. The minimum atomic E-state index is -0.408. The maximum absolute atomic E-state index is 14.1. The molecule has 1 aliphatic heterocycles. The van der Waals surface area contributed by atoms with E-state index in [1.807, 2.05) is 89.8 Å². The van der Waals surface area contributed by atoms with Gasteiger partial charge in [-0.3, -0.25) is 4.79 Å². The summed E-state index contributed by atoms with van der Waals surface area (Å²) in [5, 5.41) is 0. The average Bonchev–Trinajstić information content (AvgIpc) is 3.20. The Morgan fingerprint density at radius 2 is 1.34 bits per heavy atom. The summed E-state index contributed by atoms with van der Waals surface area (Å²) in [6.45, 7) is 1.25. The first kappa shape index (κ1) is 25.2. The van der Waals surface area contributed by atoms with Crippen LogP contribution < -0.4 is 18.9 Å². The standard InChI is InChI=1S/C32H31NO5/c1-35-27-15-14-24(19-28(27)36-2)25-18-26-21-33(16-17-38-31(26)29(20-25)37-3)32(34)30(22-10-6-4-7-11-22)23-12-8-5-9-13-23/h4-15,18-20,30H,16-17,21H2,1-3H3. The Labute approximate surface area is 223 Å². The Bertz CT molecular complexity index is 1370. The number of rotatable bonds is 7. The predicted octanol–water partition coefficient (Wildman–Crippen LogP) is 5.93. The number of carbonyl (C=O) groups is 1. The molecule has 0 radical (unpaired) electrons. The molecule has 1 amide bonds. The van der Waals surface area contributed by atoms with E-state index in [9.17, 15) is 4.79 Å². The SMILES string of the molecule is COc1ccc(-c2cc3c(c(OC)c2)OCCN(C(=O)C(c2ccccc2)c2ccccc2)C3)cc1OC. The molecule has 194 valence electrons. The van der Waals surface area contributed by atoms with Crippen LogP contribution in [-0.2, 0) is 11.3 Å². The van der Waals surface area contributed by atoms with Crippen LogP contribution in [0.5, 0.6) is 23.0 Å². The monoisotopic (exact) mass is 509 g/mol. The molecule has 38 heavy (non-hydrogen) atoms. The number of hydrogen-bond donors (Lipinski definition) is 0. The van der Waals surface area contributed by atoms with Gasteiger partial charge in [0.25, 0.3) is 0 Å². The fourth-order valence-electron chi connectivity index (χ4n) is 4.96. The molecular formula is C32H31NO5. The van der Waals surface area contributed by atoms with Gasteiger partial charge >= 0.3 is 0 Å². The molecule has 4 aromatic carbocycles. The zero-order valence-corrected chi connectivity index (χ0v) is 21.8. The number of fused-ring (bicyclic) bond motifs is 1. The van der Waals surface area contributed by atoms with Gasteiger partial charge in [-0.05, 0) is 46.5 Å². The van der Waals surface area contributed by atoms with Crippen LogP contribution in [0.3, 0.4) is 0 Å². The van der Waals surface area contributed by atoms with Crippen LogP contribution in [0, 0.1) is 0 Å². The van der Waals surface area contributed by atoms with E-state index in [1.54, 1.807) is 21.3 Å². The van der Waals surface area contributed by atoms with Crippen molar-refractivity contribution >= 4 is 5.91 Å². The summed E-state index contributed by atoms with van der Waals surface area (Å²) in [4.78, 5) is 16.0. The quantitative estimate of drug-likeness (QED) is 0.309. The van der Waals surface area contributed by atoms with Gasteiger partial charge in [0.2, 0.25) is 5.91 Å². The highest BCUT2D eigenvalue weighted by Crippen LogP contribution is 2.41. The second kappa shape index (κ2) is 11.3. The predicted molar refractivity (Wildman–Crippen MR) is 147 cm³/mol. The van der Waals surface area contributed by atoms with Gasteiger partial charge in [-0.15, -0.1) is 0 Å². The number of carbonyl (C=O) groups excluding carboxylic acids is 1. The minimum absolute atomic E-state index is 0.0364. The van der Waals surface area contributed by atoms with Gasteiger partial charge in [0, 0.05) is 12.1 Å². The molecular weight excluding hydrogens is 478 g/mol. The van der Waals surface area contributed by atoms with Crippen molar-refractivity contribution in [3.63, 3.8) is 0 Å². The normalized spacial score (nSPS) is 12.8. The van der Waals surface area contributed by atoms with Crippen LogP contribution >= 0.6 is 0 Å². The Hall–Kier alpha value is -4.45. The lowest BCUT2D eigenvalue weighted by molar-refractivity contribution is -0.132. The molecule has 0 saturated carbocycles. The number of hydrogen-bond acceptors (Lipinski definition) is 5. The summed E-state index contributed by atoms with van der Waals surface area (Å²) in [6.07, 6.45) is 0. The van der Waals surface area contributed by atoms with Gasteiger partial charge in [-0.25, -0.2) is 0 Å². The highest BCUT2D eigenvalue weighted by molar-refractivity contribution is 5.87. The lowest BCUT2D eigenvalue weighted by atomic mass is 9.90. The first-order chi connectivity index (χ1) is 18.6. The lowest BCUT2D eigenvalue weighted by Gasteiger charge is -2.26. The summed E-state index contributed by atoms with van der Waals surface area (Å²) in [7, 11) is 4.86. The average molecular weight is 510 g/mol. The molecule has 0 spiro atoms. The van der Waals surface area contributed by atoms with Crippen molar-refractivity contribution in [3.8, 4) is 34.1 Å². The third-order valence-corrected chi connectivity index (χ3v) is 6.86. The molecule has 0 aromatic heterocycles. The van der Waals surface area contributed by atoms with Crippen molar-refractivity contribution in [2.45, 2.75) is 12.5 Å². The van der Waals surface area contributed by atoms with Crippen LogP contribution in [0.15, 0.2) is 91.0 Å². The first-order valence-corrected chi connectivity index (χ1v) is 12.6. The maximum atomic E-state index is 14.1. The van der Waals surface area contributed by atoms with Gasteiger partial charge in [0.1, 0.15) is 6.61 Å². The van der Waals surface area contributed by atoms with E-state index >= 15 is 0 Å². The fraction of sp³-hybridized carbons (Fsp3) is 0.219. The van der Waals surface area contributed by atoms with Crippen LogP contribution in [0.2, 0.25) is 0 Å². The first-order valence-electron chi connectivity index (χ1n) is 12.6. The van der Waals surface area contributed by atoms with E-state index in [-0.39, 0.29) is 5.91 Å². The summed E-state index contributed by atoms with van der Waals surface area (Å²) in [5.41, 5.74) is 4.69. The third kappa shape index (κ3) is 5.02. The summed E-state index contributed by atoms with van der Waals surface area (Å²) in [5.74, 6) is 2.22. The molecule has 0 atom stereocenters. The molecule has 0 saturated heterocycles. The van der Waals surface area contributed by atoms with E-state index in [2.05, 4.69) is 6.07 Å². The van der Waals surface area contributed by atoms with Crippen LogP contribution in [0.1, 0.15) is 22.6 Å². The second-order valence-electron chi connectivity index (χ2n) is 9.10. The highest BCUT2D eigenvalue weighted by atomic mass is 16.5. The van der Waals surface area contributed by atoms with Crippen molar-refractivity contribution in [2.24, 2.45) is 0 Å². The molecule has 1 aliphatic rings. The number of methoxy groups -OCH3 is 3. The third-order valence-electron chi connectivity index (χ3n) is 6.86. The van der Waals surface area contributed by atoms with Crippen molar-refractivity contribution in [1.29, 1.82) is 0 Å². The Kier molecular flexibility index (Phi) is 7.50. The Morgan fingerprint density at radius 3 is 1.95 bits per heavy atom. The number of benzene rings is 4. The van der Waals surface area contributed by atoms with Crippen LogP contribution in [-0.4, -0.2) is 45.3 Å². The zero-order valence-electron chi connectivity index (χ0n) is 21.8. The van der Waals surface area contributed by atoms with E-state index in [0.717, 1.165) is 27.8 Å². The van der Waals surface area contributed by atoms with E-state index in [1.165, 1.54) is 0 Å². The van der Waals surface area contributed by atoms with E-state index in [0.29, 0.717) is 42.7 Å². The van der Waals surface area contributed by atoms with Crippen molar-refractivity contribution in [2.75, 3.05) is 34.5 Å². The van der Waals surface area contributed by atoms with Crippen LogP contribution in [0.25, 0.3) is 11.1 Å². The molecule has 1 heterocycles. The largest absolute Gasteiger partial charge is 0.493 e. The molecule has 0 N–H and O–H groups in total. The number of nitrogens with zero attached hydrogens (tertiary/aromatic N) is 1. The molecule has 4 aromatic rings. The molecule has 0 fully saturated rings.